The largest absolute Gasteiger partial charge is 0.469 e. The molecule has 2 aromatic heterocycles. The molecule has 0 saturated carbocycles. The Kier molecular flexibility index (Phi) is 8.65. The van der Waals surface area contributed by atoms with Gasteiger partial charge in [-0.15, -0.1) is 0 Å². The maximum absolute atomic E-state index is 14.3. The summed E-state index contributed by atoms with van der Waals surface area (Å²) < 4.78 is 35.6. The summed E-state index contributed by atoms with van der Waals surface area (Å²) in [7, 11) is -4.80. The van der Waals surface area contributed by atoms with E-state index in [2.05, 4.69) is 45.1 Å². The molecule has 1 aliphatic heterocycles. The third-order valence-corrected chi connectivity index (χ3v) is 5.25. The van der Waals surface area contributed by atoms with Crippen molar-refractivity contribution in [1.29, 1.82) is 0 Å². The normalized spacial score (nSPS) is 23.9. The van der Waals surface area contributed by atoms with Crippen molar-refractivity contribution < 1.29 is 33.1 Å². The lowest BCUT2D eigenvalue weighted by Gasteiger charge is -2.15. The number of alkyl halides is 1. The van der Waals surface area contributed by atoms with Gasteiger partial charge in [-0.05, 0) is 19.6 Å². The highest BCUT2D eigenvalue weighted by Gasteiger charge is 2.46. The molecule has 176 valence electrons. The fourth-order valence-corrected chi connectivity index (χ4v) is 3.38. The van der Waals surface area contributed by atoms with E-state index in [0.29, 0.717) is 0 Å². The first-order valence-corrected chi connectivity index (χ1v) is 11.2. The van der Waals surface area contributed by atoms with Crippen molar-refractivity contribution in [2.45, 2.75) is 45.4 Å². The van der Waals surface area contributed by atoms with Gasteiger partial charge in [0.15, 0.2) is 23.6 Å². The van der Waals surface area contributed by atoms with E-state index in [-0.39, 0.29) is 17.1 Å². The smallest absolute Gasteiger partial charge is 0.387 e. The molecule has 31 heavy (non-hydrogen) atoms. The number of rotatable bonds is 7. The second-order valence-corrected chi connectivity index (χ2v) is 7.92. The van der Waals surface area contributed by atoms with Crippen LogP contribution in [0.15, 0.2) is 11.1 Å². The van der Waals surface area contributed by atoms with Gasteiger partial charge in [-0.1, -0.05) is 20.8 Å². The molecule has 0 spiro atoms. The summed E-state index contributed by atoms with van der Waals surface area (Å²) in [6.45, 7) is 9.39. The van der Waals surface area contributed by atoms with Crippen LogP contribution in [0.5, 0.6) is 0 Å². The van der Waals surface area contributed by atoms with Crippen LogP contribution in [0.2, 0.25) is 0 Å². The first-order valence-electron chi connectivity index (χ1n) is 9.64. The van der Waals surface area contributed by atoms with Crippen LogP contribution in [0, 0.1) is 0 Å². The van der Waals surface area contributed by atoms with Gasteiger partial charge < -0.3 is 30.3 Å². The molecule has 1 fully saturated rings. The lowest BCUT2D eigenvalue weighted by molar-refractivity contribution is -0.0451. The number of aromatic amines is 1. The van der Waals surface area contributed by atoms with Crippen molar-refractivity contribution in [3.63, 3.8) is 0 Å². The summed E-state index contributed by atoms with van der Waals surface area (Å²) in [5, 5.41) is 9.83. The highest BCUT2D eigenvalue weighted by atomic mass is 31.2. The second kappa shape index (κ2) is 10.6. The molecule has 3 rings (SSSR count). The number of fused-ring (bicyclic) bond motifs is 1. The summed E-state index contributed by atoms with van der Waals surface area (Å²) in [6, 6.07) is 0. The van der Waals surface area contributed by atoms with E-state index in [1.165, 1.54) is 19.6 Å². The van der Waals surface area contributed by atoms with Crippen molar-refractivity contribution in [3.8, 4) is 0 Å². The van der Waals surface area contributed by atoms with Crippen LogP contribution < -0.4 is 11.3 Å². The van der Waals surface area contributed by atoms with Gasteiger partial charge in [0.1, 0.15) is 12.2 Å². The Hall–Kier alpha value is -1.93. The minimum Gasteiger partial charge on any atom is -0.387 e. The number of phosphoric acid groups is 1. The van der Waals surface area contributed by atoms with Crippen LogP contribution in [0.4, 0.5) is 10.3 Å². The fraction of sp³-hybridized carbons (Fsp3) is 0.688. The molecule has 0 aliphatic carbocycles. The van der Waals surface area contributed by atoms with Crippen LogP contribution in [0.1, 0.15) is 27.0 Å². The predicted molar refractivity (Wildman–Crippen MR) is 109 cm³/mol. The minimum absolute atomic E-state index is 0.0624. The quantitative estimate of drug-likeness (QED) is 0.339. The molecule has 0 unspecified atom stereocenters. The first kappa shape index (κ1) is 25.3. The number of nitrogens with one attached hydrogen (secondary N) is 1. The number of nitrogens with two attached hydrogens (primary N) is 1. The topological polar surface area (TPSA) is 189 Å². The number of aliphatic hydroxyl groups is 1. The molecule has 0 bridgehead atoms. The van der Waals surface area contributed by atoms with E-state index in [1.807, 2.05) is 0 Å². The van der Waals surface area contributed by atoms with Crippen molar-refractivity contribution in [2.24, 2.45) is 0 Å². The van der Waals surface area contributed by atoms with Crippen molar-refractivity contribution >= 4 is 24.9 Å². The number of halogens is 1. The van der Waals surface area contributed by atoms with Gasteiger partial charge in [0.05, 0.1) is 12.9 Å². The molecule has 1 aliphatic rings. The van der Waals surface area contributed by atoms with Crippen molar-refractivity contribution in [1.82, 2.24) is 24.4 Å². The summed E-state index contributed by atoms with van der Waals surface area (Å²) in [6.07, 6.45) is -5.37. The van der Waals surface area contributed by atoms with E-state index in [1.54, 1.807) is 0 Å². The lowest BCUT2D eigenvalue weighted by atomic mass is 10.1. The van der Waals surface area contributed by atoms with E-state index >= 15 is 0 Å². The number of ether oxygens (including phenoxy) is 1. The number of phosphoric ester groups is 1. The van der Waals surface area contributed by atoms with Gasteiger partial charge >= 0.3 is 7.82 Å². The average molecular weight is 466 g/mol. The molecule has 13 nitrogen and oxygen atoms in total. The molecule has 15 heteroatoms. The van der Waals surface area contributed by atoms with Gasteiger partial charge in [0.25, 0.3) is 5.56 Å². The van der Waals surface area contributed by atoms with E-state index in [0.717, 1.165) is 10.9 Å². The van der Waals surface area contributed by atoms with E-state index in [9.17, 15) is 18.9 Å². The Balaban J connectivity index is 0.000000423. The maximum Gasteiger partial charge on any atom is 0.469 e. The molecule has 0 aromatic carbocycles. The number of nitrogen functional groups attached to an aromatic ring is 1. The van der Waals surface area contributed by atoms with Crippen molar-refractivity contribution in [2.75, 3.05) is 32.0 Å². The first-order chi connectivity index (χ1) is 14.5. The molecule has 1 saturated heterocycles. The number of nitrogens with zero attached hydrogens (tertiary/aromatic N) is 4. The number of aromatic nitrogens is 4. The van der Waals surface area contributed by atoms with Crippen LogP contribution in [0.3, 0.4) is 0 Å². The lowest BCUT2D eigenvalue weighted by Crippen LogP contribution is -2.31. The molecule has 4 atom stereocenters. The molecular weight excluding hydrogens is 438 g/mol. The molecular formula is C16H28FN6O7P. The zero-order valence-corrected chi connectivity index (χ0v) is 18.3. The van der Waals surface area contributed by atoms with Crippen LogP contribution >= 0.6 is 7.82 Å². The van der Waals surface area contributed by atoms with Gasteiger partial charge in [-0.3, -0.25) is 18.9 Å². The molecule has 6 N–H and O–H groups in total. The Labute approximate surface area is 177 Å². The zero-order valence-electron chi connectivity index (χ0n) is 17.4. The Bertz CT molecular complexity index is 956. The van der Waals surface area contributed by atoms with Crippen molar-refractivity contribution in [3.05, 3.63) is 16.7 Å². The minimum atomic E-state index is -4.80. The highest BCUT2D eigenvalue weighted by Crippen LogP contribution is 2.39. The SMILES string of the molecule is CCN(CC)CC.Nc1nc2c(ncn2[C@@H]2O[C@H](COP(=O)(O)O)[C@@H](O)[C@H]2F)c(=O)[nH]1. The third kappa shape index (κ3) is 6.29. The molecule has 0 amide bonds. The average Bonchev–Trinajstić information content (AvgIpc) is 3.23. The van der Waals surface area contributed by atoms with Gasteiger partial charge in [-0.2, -0.15) is 4.98 Å². The van der Waals surface area contributed by atoms with Crippen LogP contribution in [0.25, 0.3) is 11.2 Å². The monoisotopic (exact) mass is 466 g/mol. The number of anilines is 1. The van der Waals surface area contributed by atoms with Crippen LogP contribution in [-0.4, -0.2) is 83.9 Å². The standard InChI is InChI=1S/C10H13FN5O7P.C6H15N/c11-4-6(17)3(1-22-24(19,20)21)23-9(4)16-2-13-5-7(16)14-10(12)15-8(5)18;1-4-7(5-2)6-3/h2-4,6,9,17H,1H2,(H2,19,20,21)(H3,12,14,15,18);4-6H2,1-3H3/t3-,4-,6-,9-;/m1./s1. The molecule has 2 aromatic rings. The van der Waals surface area contributed by atoms with Gasteiger partial charge in [0.2, 0.25) is 5.95 Å². The summed E-state index contributed by atoms with van der Waals surface area (Å²) >= 11 is 0. The number of H-pyrrole nitrogens is 1. The maximum atomic E-state index is 14.3. The highest BCUT2D eigenvalue weighted by molar-refractivity contribution is 7.46. The number of imidazole rings is 1. The van der Waals surface area contributed by atoms with Gasteiger partial charge in [0, 0.05) is 0 Å². The summed E-state index contributed by atoms with van der Waals surface area (Å²) in [4.78, 5) is 41.3. The summed E-state index contributed by atoms with van der Waals surface area (Å²) in [5.41, 5.74) is 4.64. The third-order valence-electron chi connectivity index (χ3n) is 4.77. The molecule has 3 heterocycles. The predicted octanol–water partition coefficient (Wildman–Crippen LogP) is -0.244. The van der Waals surface area contributed by atoms with Gasteiger partial charge in [-0.25, -0.2) is 13.9 Å². The van der Waals surface area contributed by atoms with E-state index in [4.69, 9.17) is 20.3 Å². The molecule has 0 radical (unpaired) electrons. The Morgan fingerprint density at radius 3 is 2.48 bits per heavy atom. The zero-order chi connectivity index (χ0) is 23.3. The van der Waals surface area contributed by atoms with Crippen LogP contribution in [-0.2, 0) is 13.8 Å². The Morgan fingerprint density at radius 2 is 1.97 bits per heavy atom. The Morgan fingerprint density at radius 1 is 1.35 bits per heavy atom. The number of aliphatic hydroxyl groups excluding tert-OH is 1. The fourth-order valence-electron chi connectivity index (χ4n) is 3.04. The summed E-state index contributed by atoms with van der Waals surface area (Å²) in [5.74, 6) is -0.218. The number of hydrogen-bond donors (Lipinski definition) is 5. The van der Waals surface area contributed by atoms with E-state index < -0.39 is 44.6 Å². The second-order valence-electron chi connectivity index (χ2n) is 6.68. The number of hydrogen-bond acceptors (Lipinski definition) is 9.